The number of hydrogen-bond acceptors (Lipinski definition) is 6. The lowest BCUT2D eigenvalue weighted by molar-refractivity contribution is 0.0435. The van der Waals surface area contributed by atoms with E-state index in [1.54, 1.807) is 0 Å². The zero-order valence-electron chi connectivity index (χ0n) is 19.7. The molecule has 1 aliphatic heterocycles. The standard InChI is InChI=1S/C24H35O5PSSi/c1-6-26-30(25,27-7-2)23-29-20(19-31-23)18-28-32(24(3,4)5,21-14-10-8-11-15-21)22-16-12-9-13-17-22/h8-17,20,23H,6-7,18-19H2,1-5H3/t20-,23-/m0/s1. The molecule has 0 spiro atoms. The van der Waals surface area contributed by atoms with Gasteiger partial charge in [0.25, 0.3) is 8.32 Å². The fraction of sp³-hybridized carbons (Fsp3) is 0.500. The van der Waals surface area contributed by atoms with Crippen molar-refractivity contribution in [2.75, 3.05) is 25.6 Å². The summed E-state index contributed by atoms with van der Waals surface area (Å²) in [4.78, 5) is 0. The van der Waals surface area contributed by atoms with Crippen molar-refractivity contribution in [3.05, 3.63) is 60.7 Å². The summed E-state index contributed by atoms with van der Waals surface area (Å²) >= 11 is 1.49. The quantitative estimate of drug-likeness (QED) is 0.332. The van der Waals surface area contributed by atoms with Crippen LogP contribution in [0.15, 0.2) is 60.7 Å². The molecular weight excluding hydrogens is 459 g/mol. The third kappa shape index (κ3) is 5.41. The van der Waals surface area contributed by atoms with E-state index >= 15 is 0 Å². The van der Waals surface area contributed by atoms with Crippen LogP contribution in [0.4, 0.5) is 0 Å². The van der Waals surface area contributed by atoms with Gasteiger partial charge < -0.3 is 18.2 Å². The monoisotopic (exact) mass is 494 g/mol. The van der Waals surface area contributed by atoms with Crippen LogP contribution in [0, 0.1) is 0 Å². The maximum Gasteiger partial charge on any atom is 0.369 e. The summed E-state index contributed by atoms with van der Waals surface area (Å²) in [5.41, 5.74) is 0. The molecule has 0 aliphatic carbocycles. The van der Waals surface area contributed by atoms with Crippen LogP contribution >= 0.6 is 19.4 Å². The van der Waals surface area contributed by atoms with Crippen LogP contribution in [0.25, 0.3) is 0 Å². The molecule has 0 saturated carbocycles. The number of ether oxygens (including phenoxy) is 1. The second kappa shape index (κ2) is 11.0. The van der Waals surface area contributed by atoms with E-state index in [1.165, 1.54) is 22.1 Å². The van der Waals surface area contributed by atoms with Gasteiger partial charge in [-0.25, -0.2) is 0 Å². The van der Waals surface area contributed by atoms with Gasteiger partial charge in [-0.15, -0.1) is 11.8 Å². The number of thioether (sulfide) groups is 1. The average molecular weight is 495 g/mol. The van der Waals surface area contributed by atoms with Crippen molar-refractivity contribution < 1.29 is 22.8 Å². The minimum atomic E-state index is -3.32. The molecule has 2 aromatic carbocycles. The summed E-state index contributed by atoms with van der Waals surface area (Å²) in [6.07, 6.45) is -0.180. The fourth-order valence-corrected chi connectivity index (χ4v) is 12.3. The van der Waals surface area contributed by atoms with Crippen LogP contribution in [0.3, 0.4) is 0 Å². The Kier molecular flexibility index (Phi) is 8.83. The number of rotatable bonds is 10. The van der Waals surface area contributed by atoms with E-state index < -0.39 is 21.1 Å². The first kappa shape index (κ1) is 25.7. The second-order valence-corrected chi connectivity index (χ2v) is 16.6. The van der Waals surface area contributed by atoms with Crippen molar-refractivity contribution in [2.45, 2.75) is 50.9 Å². The fourth-order valence-electron chi connectivity index (χ4n) is 4.18. The Morgan fingerprint density at radius 1 is 0.969 bits per heavy atom. The van der Waals surface area contributed by atoms with Crippen molar-refractivity contribution in [2.24, 2.45) is 0 Å². The molecule has 0 aromatic heterocycles. The lowest BCUT2D eigenvalue weighted by Gasteiger charge is -2.43. The maximum atomic E-state index is 13.1. The predicted molar refractivity (Wildman–Crippen MR) is 136 cm³/mol. The van der Waals surface area contributed by atoms with Crippen LogP contribution < -0.4 is 10.4 Å². The zero-order chi connectivity index (χ0) is 23.2. The van der Waals surface area contributed by atoms with Crippen LogP contribution in [0.5, 0.6) is 0 Å². The van der Waals surface area contributed by atoms with Gasteiger partial charge >= 0.3 is 7.60 Å². The van der Waals surface area contributed by atoms with Crippen molar-refractivity contribution >= 4 is 38.0 Å². The molecule has 1 heterocycles. The molecule has 2 atom stereocenters. The summed E-state index contributed by atoms with van der Waals surface area (Å²) in [6.45, 7) is 11.5. The van der Waals surface area contributed by atoms with Crippen LogP contribution in [-0.2, 0) is 22.8 Å². The lowest BCUT2D eigenvalue weighted by atomic mass is 10.2. The van der Waals surface area contributed by atoms with Crippen molar-refractivity contribution in [1.82, 2.24) is 0 Å². The van der Waals surface area contributed by atoms with E-state index in [1.807, 2.05) is 26.0 Å². The molecule has 2 aromatic rings. The summed E-state index contributed by atoms with van der Waals surface area (Å²) < 4.78 is 37.3. The van der Waals surface area contributed by atoms with E-state index in [0.717, 1.165) is 0 Å². The molecule has 1 aliphatic rings. The Morgan fingerprint density at radius 2 is 1.47 bits per heavy atom. The van der Waals surface area contributed by atoms with Crippen LogP contribution in [0.1, 0.15) is 34.6 Å². The Hall–Kier alpha value is -0.923. The highest BCUT2D eigenvalue weighted by molar-refractivity contribution is 8.05. The van der Waals surface area contributed by atoms with E-state index in [2.05, 4.69) is 69.3 Å². The molecule has 0 bridgehead atoms. The molecule has 3 rings (SSSR count). The van der Waals surface area contributed by atoms with Gasteiger partial charge in [0.1, 0.15) is 0 Å². The Balaban J connectivity index is 1.87. The van der Waals surface area contributed by atoms with Gasteiger partial charge in [-0.2, -0.15) is 0 Å². The SMILES string of the molecule is CCOP(=O)(OCC)[C@@H]1O[C@@H](CO[Si](c2ccccc2)(c2ccccc2)C(C)(C)C)CS1. The molecule has 0 N–H and O–H groups in total. The highest BCUT2D eigenvalue weighted by atomic mass is 32.2. The topological polar surface area (TPSA) is 54.0 Å². The van der Waals surface area contributed by atoms with Crippen molar-refractivity contribution in [3.8, 4) is 0 Å². The molecule has 0 radical (unpaired) electrons. The van der Waals surface area contributed by atoms with E-state index in [0.29, 0.717) is 25.6 Å². The molecule has 1 fully saturated rings. The molecular formula is C24H35O5PSSi. The van der Waals surface area contributed by atoms with Crippen molar-refractivity contribution in [3.63, 3.8) is 0 Å². The minimum absolute atomic E-state index is 0.104. The first-order valence-corrected chi connectivity index (χ1v) is 15.7. The Morgan fingerprint density at radius 3 is 1.91 bits per heavy atom. The lowest BCUT2D eigenvalue weighted by Crippen LogP contribution is -2.67. The molecule has 5 nitrogen and oxygen atoms in total. The van der Waals surface area contributed by atoms with E-state index in [9.17, 15) is 4.57 Å². The average Bonchev–Trinajstić information content (AvgIpc) is 3.25. The molecule has 8 heteroatoms. The van der Waals surface area contributed by atoms with E-state index in [-0.39, 0.29) is 11.1 Å². The third-order valence-corrected chi connectivity index (χ3v) is 14.6. The summed E-state index contributed by atoms with van der Waals surface area (Å²) in [5.74, 6) is 0.688. The third-order valence-electron chi connectivity index (χ3n) is 5.51. The molecule has 176 valence electrons. The summed E-state index contributed by atoms with van der Waals surface area (Å²) in [5, 5.41) is 1.74. The van der Waals surface area contributed by atoms with Gasteiger partial charge in [-0.1, -0.05) is 81.4 Å². The van der Waals surface area contributed by atoms with E-state index in [4.69, 9.17) is 18.2 Å². The molecule has 0 amide bonds. The number of hydrogen-bond donors (Lipinski definition) is 0. The second-order valence-electron chi connectivity index (χ2n) is 8.75. The molecule has 0 unspecified atom stereocenters. The van der Waals surface area contributed by atoms with Crippen LogP contribution in [-0.4, -0.2) is 45.2 Å². The van der Waals surface area contributed by atoms with Gasteiger partial charge in [-0.05, 0) is 29.3 Å². The summed E-state index contributed by atoms with van der Waals surface area (Å²) in [7, 11) is -5.96. The number of benzene rings is 2. The molecule has 32 heavy (non-hydrogen) atoms. The Labute approximate surface area is 197 Å². The predicted octanol–water partition coefficient (Wildman–Crippen LogP) is 5.24. The van der Waals surface area contributed by atoms with Gasteiger partial charge in [0.05, 0.1) is 25.9 Å². The van der Waals surface area contributed by atoms with Crippen LogP contribution in [0.2, 0.25) is 5.04 Å². The smallest absolute Gasteiger partial charge is 0.369 e. The highest BCUT2D eigenvalue weighted by Gasteiger charge is 2.51. The van der Waals surface area contributed by atoms with Gasteiger partial charge in [0, 0.05) is 5.75 Å². The van der Waals surface area contributed by atoms with Gasteiger partial charge in [0.2, 0.25) is 5.18 Å². The minimum Gasteiger partial charge on any atom is -0.405 e. The summed E-state index contributed by atoms with van der Waals surface area (Å²) in [6, 6.07) is 21.1. The first-order valence-electron chi connectivity index (χ1n) is 11.2. The van der Waals surface area contributed by atoms with Crippen molar-refractivity contribution in [1.29, 1.82) is 0 Å². The van der Waals surface area contributed by atoms with Gasteiger partial charge in [-0.3, -0.25) is 4.57 Å². The first-order chi connectivity index (χ1) is 15.3. The Bertz CT molecular complexity index is 841. The molecule has 1 saturated heterocycles. The maximum absolute atomic E-state index is 13.1. The normalized spacial score (nSPS) is 19.9. The highest BCUT2D eigenvalue weighted by Crippen LogP contribution is 2.59. The largest absolute Gasteiger partial charge is 0.405 e. The van der Waals surface area contributed by atoms with Gasteiger partial charge in [0.15, 0.2) is 0 Å². The zero-order valence-corrected chi connectivity index (χ0v) is 22.4.